The van der Waals surface area contributed by atoms with Crippen molar-refractivity contribution in [2.75, 3.05) is 19.6 Å². The van der Waals surface area contributed by atoms with Crippen molar-refractivity contribution in [3.05, 3.63) is 11.5 Å². The Balaban J connectivity index is 1.85. The van der Waals surface area contributed by atoms with E-state index < -0.39 is 0 Å². The molecule has 2 aromatic rings. The molecule has 3 rings (SSSR count). The van der Waals surface area contributed by atoms with Crippen LogP contribution < -0.4 is 0 Å². The van der Waals surface area contributed by atoms with Gasteiger partial charge in [0.2, 0.25) is 0 Å². The lowest BCUT2D eigenvalue weighted by Gasteiger charge is -2.26. The molecule has 110 valence electrons. The van der Waals surface area contributed by atoms with Gasteiger partial charge >= 0.3 is 0 Å². The summed E-state index contributed by atoms with van der Waals surface area (Å²) >= 11 is 6.06. The standard InChI is InChI=1S/C14H22ClN5/c1-11-13-14(18(2)17-11)20(12(10-15)16-13)9-8-19-6-4-3-5-7-19/h3-10H2,1-2H3. The van der Waals surface area contributed by atoms with Gasteiger partial charge in [-0.1, -0.05) is 6.42 Å². The smallest absolute Gasteiger partial charge is 0.158 e. The Morgan fingerprint density at radius 3 is 2.60 bits per heavy atom. The maximum absolute atomic E-state index is 6.06. The SMILES string of the molecule is Cc1nn(C)c2c1nc(CCl)n2CCN1CCCCC1. The number of nitrogens with zero attached hydrogens (tertiary/aromatic N) is 5. The van der Waals surface area contributed by atoms with E-state index in [9.17, 15) is 0 Å². The molecule has 1 fully saturated rings. The van der Waals surface area contributed by atoms with E-state index in [0.717, 1.165) is 35.8 Å². The van der Waals surface area contributed by atoms with Crippen LogP contribution in [0.5, 0.6) is 0 Å². The minimum Gasteiger partial charge on any atom is -0.311 e. The number of halogens is 1. The van der Waals surface area contributed by atoms with E-state index in [0.29, 0.717) is 5.88 Å². The van der Waals surface area contributed by atoms with E-state index in [1.54, 1.807) is 0 Å². The lowest BCUT2D eigenvalue weighted by molar-refractivity contribution is 0.221. The summed E-state index contributed by atoms with van der Waals surface area (Å²) in [5.74, 6) is 1.41. The number of likely N-dealkylation sites (tertiary alicyclic amines) is 1. The number of rotatable bonds is 4. The van der Waals surface area contributed by atoms with Crippen LogP contribution in [-0.2, 0) is 19.5 Å². The maximum Gasteiger partial charge on any atom is 0.158 e. The Kier molecular flexibility index (Phi) is 3.98. The van der Waals surface area contributed by atoms with Crippen molar-refractivity contribution < 1.29 is 0 Å². The fourth-order valence-electron chi connectivity index (χ4n) is 3.14. The van der Waals surface area contributed by atoms with Gasteiger partial charge in [0.15, 0.2) is 5.65 Å². The first-order valence-corrected chi connectivity index (χ1v) is 7.91. The minimum absolute atomic E-state index is 0.453. The van der Waals surface area contributed by atoms with E-state index in [2.05, 4.69) is 19.5 Å². The summed E-state index contributed by atoms with van der Waals surface area (Å²) in [6, 6.07) is 0. The zero-order valence-electron chi connectivity index (χ0n) is 12.3. The highest BCUT2D eigenvalue weighted by Gasteiger charge is 2.18. The first-order valence-electron chi connectivity index (χ1n) is 7.37. The molecular weight excluding hydrogens is 274 g/mol. The summed E-state index contributed by atoms with van der Waals surface area (Å²) in [6.07, 6.45) is 4.03. The van der Waals surface area contributed by atoms with Crippen molar-refractivity contribution in [1.82, 2.24) is 24.2 Å². The fourth-order valence-corrected chi connectivity index (χ4v) is 3.35. The highest BCUT2D eigenvalue weighted by molar-refractivity contribution is 6.16. The van der Waals surface area contributed by atoms with Crippen molar-refractivity contribution in [2.45, 2.75) is 38.6 Å². The lowest BCUT2D eigenvalue weighted by Crippen LogP contribution is -2.32. The molecule has 6 heteroatoms. The van der Waals surface area contributed by atoms with Gasteiger partial charge in [0.1, 0.15) is 11.3 Å². The number of hydrogen-bond acceptors (Lipinski definition) is 3. The molecule has 1 aliphatic heterocycles. The van der Waals surface area contributed by atoms with Crippen LogP contribution in [0.15, 0.2) is 0 Å². The van der Waals surface area contributed by atoms with Crippen LogP contribution in [0.1, 0.15) is 30.8 Å². The van der Waals surface area contributed by atoms with Crippen LogP contribution in [-0.4, -0.2) is 43.9 Å². The third-order valence-electron chi connectivity index (χ3n) is 4.18. The van der Waals surface area contributed by atoms with Crippen LogP contribution in [0.25, 0.3) is 11.2 Å². The molecule has 0 bridgehead atoms. The van der Waals surface area contributed by atoms with Gasteiger partial charge in [0, 0.05) is 20.1 Å². The van der Waals surface area contributed by atoms with Crippen LogP contribution in [0.3, 0.4) is 0 Å². The molecule has 5 nitrogen and oxygen atoms in total. The second-order valence-electron chi connectivity index (χ2n) is 5.60. The number of fused-ring (bicyclic) bond motifs is 1. The molecule has 0 spiro atoms. The van der Waals surface area contributed by atoms with Crippen LogP contribution >= 0.6 is 11.6 Å². The Hall–Kier alpha value is -1.07. The number of aryl methyl sites for hydroxylation is 2. The quantitative estimate of drug-likeness (QED) is 0.813. The van der Waals surface area contributed by atoms with Crippen molar-refractivity contribution in [1.29, 1.82) is 0 Å². The van der Waals surface area contributed by atoms with Crippen LogP contribution in [0.4, 0.5) is 0 Å². The van der Waals surface area contributed by atoms with E-state index in [1.165, 1.54) is 32.4 Å². The monoisotopic (exact) mass is 295 g/mol. The normalized spacial score (nSPS) is 17.1. The molecule has 0 aliphatic carbocycles. The summed E-state index contributed by atoms with van der Waals surface area (Å²) in [7, 11) is 1.98. The molecule has 3 heterocycles. The molecule has 20 heavy (non-hydrogen) atoms. The van der Waals surface area contributed by atoms with Crippen LogP contribution in [0.2, 0.25) is 0 Å². The van der Waals surface area contributed by atoms with Crippen molar-refractivity contribution in [2.24, 2.45) is 7.05 Å². The highest BCUT2D eigenvalue weighted by atomic mass is 35.5. The number of piperidine rings is 1. The third-order valence-corrected chi connectivity index (χ3v) is 4.42. The molecule has 0 aromatic carbocycles. The Labute approximate surface area is 124 Å². The van der Waals surface area contributed by atoms with E-state index in [1.807, 2.05) is 18.7 Å². The van der Waals surface area contributed by atoms with Gasteiger partial charge in [-0.25, -0.2) is 4.98 Å². The third kappa shape index (κ3) is 2.44. The minimum atomic E-state index is 0.453. The molecule has 1 aliphatic rings. The fraction of sp³-hybridized carbons (Fsp3) is 0.714. The zero-order chi connectivity index (χ0) is 14.1. The molecule has 1 saturated heterocycles. The van der Waals surface area contributed by atoms with Crippen molar-refractivity contribution in [3.8, 4) is 0 Å². The number of hydrogen-bond donors (Lipinski definition) is 0. The number of aromatic nitrogens is 4. The van der Waals surface area contributed by atoms with Gasteiger partial charge in [-0.3, -0.25) is 4.68 Å². The number of imidazole rings is 1. The molecule has 0 amide bonds. The van der Waals surface area contributed by atoms with E-state index in [4.69, 9.17) is 11.6 Å². The van der Waals surface area contributed by atoms with Gasteiger partial charge in [0.05, 0.1) is 11.6 Å². The first kappa shape index (κ1) is 13.9. The number of alkyl halides is 1. The molecule has 0 atom stereocenters. The molecule has 0 N–H and O–H groups in total. The average molecular weight is 296 g/mol. The summed E-state index contributed by atoms with van der Waals surface area (Å²) in [6.45, 7) is 6.45. The molecular formula is C14H22ClN5. The van der Waals surface area contributed by atoms with Gasteiger partial charge in [-0.05, 0) is 32.9 Å². The molecule has 0 radical (unpaired) electrons. The van der Waals surface area contributed by atoms with Crippen molar-refractivity contribution in [3.63, 3.8) is 0 Å². The Bertz CT molecular complexity index is 594. The largest absolute Gasteiger partial charge is 0.311 e. The first-order chi connectivity index (χ1) is 9.70. The summed E-state index contributed by atoms with van der Waals surface area (Å²) < 4.78 is 4.15. The van der Waals surface area contributed by atoms with Gasteiger partial charge < -0.3 is 9.47 Å². The zero-order valence-corrected chi connectivity index (χ0v) is 13.0. The average Bonchev–Trinajstić information content (AvgIpc) is 2.96. The highest BCUT2D eigenvalue weighted by Crippen LogP contribution is 2.20. The maximum atomic E-state index is 6.06. The van der Waals surface area contributed by atoms with Gasteiger partial charge in [-0.2, -0.15) is 5.10 Å². The summed E-state index contributed by atoms with van der Waals surface area (Å²) in [5, 5.41) is 4.46. The molecule has 2 aromatic heterocycles. The second-order valence-corrected chi connectivity index (χ2v) is 5.86. The van der Waals surface area contributed by atoms with Gasteiger partial charge in [0.25, 0.3) is 0 Å². The van der Waals surface area contributed by atoms with Crippen LogP contribution in [0, 0.1) is 6.92 Å². The Morgan fingerprint density at radius 2 is 1.90 bits per heavy atom. The predicted octanol–water partition coefficient (Wildman–Crippen LogP) is 2.30. The topological polar surface area (TPSA) is 38.9 Å². The Morgan fingerprint density at radius 1 is 1.15 bits per heavy atom. The second kappa shape index (κ2) is 5.74. The van der Waals surface area contributed by atoms with E-state index >= 15 is 0 Å². The summed E-state index contributed by atoms with van der Waals surface area (Å²) in [4.78, 5) is 7.18. The lowest BCUT2D eigenvalue weighted by atomic mass is 10.1. The van der Waals surface area contributed by atoms with Crippen molar-refractivity contribution >= 4 is 22.8 Å². The van der Waals surface area contributed by atoms with Gasteiger partial charge in [-0.15, -0.1) is 11.6 Å². The predicted molar refractivity (Wildman–Crippen MR) is 81.1 cm³/mol. The molecule has 0 unspecified atom stereocenters. The molecule has 0 saturated carbocycles. The van der Waals surface area contributed by atoms with E-state index in [-0.39, 0.29) is 0 Å². The summed E-state index contributed by atoms with van der Waals surface area (Å²) in [5.41, 5.74) is 3.06.